The molecule has 21 heavy (non-hydrogen) atoms. The molecule has 1 aliphatic rings. The van der Waals surface area contributed by atoms with Crippen LogP contribution in [0.1, 0.15) is 26.2 Å². The van der Waals surface area contributed by atoms with E-state index in [0.717, 1.165) is 32.5 Å². The van der Waals surface area contributed by atoms with Crippen LogP contribution >= 0.6 is 0 Å². The van der Waals surface area contributed by atoms with Gasteiger partial charge in [0.15, 0.2) is 0 Å². The van der Waals surface area contributed by atoms with E-state index < -0.39 is 0 Å². The van der Waals surface area contributed by atoms with Crippen molar-refractivity contribution in [1.82, 2.24) is 4.90 Å². The number of carbonyl (C=O) groups is 1. The van der Waals surface area contributed by atoms with Crippen molar-refractivity contribution < 1.29 is 9.18 Å². The number of nitrogens with zero attached hydrogens (tertiary/aromatic N) is 1. The summed E-state index contributed by atoms with van der Waals surface area (Å²) in [6.07, 6.45) is 2.49. The average Bonchev–Trinajstić information content (AvgIpc) is 2.46. The Morgan fingerprint density at radius 2 is 2.33 bits per heavy atom. The van der Waals surface area contributed by atoms with E-state index >= 15 is 0 Å². The van der Waals surface area contributed by atoms with Gasteiger partial charge in [0.2, 0.25) is 5.91 Å². The van der Waals surface area contributed by atoms with E-state index in [-0.39, 0.29) is 17.8 Å². The maximum absolute atomic E-state index is 13.0. The van der Waals surface area contributed by atoms with E-state index in [1.807, 2.05) is 0 Å². The van der Waals surface area contributed by atoms with Crippen molar-refractivity contribution in [1.29, 1.82) is 0 Å². The summed E-state index contributed by atoms with van der Waals surface area (Å²) in [7, 11) is 0. The Morgan fingerprint density at radius 3 is 3.05 bits per heavy atom. The molecule has 1 saturated heterocycles. The van der Waals surface area contributed by atoms with Gasteiger partial charge in [-0.15, -0.1) is 0 Å². The second-order valence-corrected chi connectivity index (χ2v) is 5.73. The smallest absolute Gasteiger partial charge is 0.225 e. The standard InChI is InChI=1S/C16H24FN3O/c1-2-12-11-20(8-6-15(12)18)9-7-16(21)19-14-5-3-4-13(17)10-14/h3-5,10,12,15H,2,6-9,11,18H2,1H3,(H,19,21). The summed E-state index contributed by atoms with van der Waals surface area (Å²) in [5, 5.41) is 2.73. The number of piperidine rings is 1. The zero-order valence-corrected chi connectivity index (χ0v) is 12.5. The van der Waals surface area contributed by atoms with Crippen LogP contribution in [0.5, 0.6) is 0 Å². The van der Waals surface area contributed by atoms with Crippen LogP contribution in [0.4, 0.5) is 10.1 Å². The van der Waals surface area contributed by atoms with E-state index in [2.05, 4.69) is 17.1 Å². The van der Waals surface area contributed by atoms with Crippen LogP contribution in [-0.2, 0) is 4.79 Å². The Hall–Kier alpha value is -1.46. The monoisotopic (exact) mass is 293 g/mol. The van der Waals surface area contributed by atoms with Crippen molar-refractivity contribution >= 4 is 11.6 Å². The molecule has 2 unspecified atom stereocenters. The predicted molar refractivity (Wildman–Crippen MR) is 82.5 cm³/mol. The molecule has 0 aromatic heterocycles. The average molecular weight is 293 g/mol. The van der Waals surface area contributed by atoms with Crippen LogP contribution in [0.15, 0.2) is 24.3 Å². The predicted octanol–water partition coefficient (Wildman–Crippen LogP) is 2.21. The van der Waals surface area contributed by atoms with Crippen LogP contribution in [-0.4, -0.2) is 36.5 Å². The quantitative estimate of drug-likeness (QED) is 0.875. The number of hydrogen-bond acceptors (Lipinski definition) is 3. The van der Waals surface area contributed by atoms with E-state index in [0.29, 0.717) is 18.0 Å². The molecule has 1 aromatic carbocycles. The van der Waals surface area contributed by atoms with Crippen molar-refractivity contribution in [3.05, 3.63) is 30.1 Å². The Balaban J connectivity index is 1.76. The van der Waals surface area contributed by atoms with Crippen LogP contribution < -0.4 is 11.1 Å². The zero-order chi connectivity index (χ0) is 15.2. The first-order valence-corrected chi connectivity index (χ1v) is 7.62. The minimum atomic E-state index is -0.344. The summed E-state index contributed by atoms with van der Waals surface area (Å²) in [4.78, 5) is 14.2. The highest BCUT2D eigenvalue weighted by atomic mass is 19.1. The molecule has 0 aliphatic carbocycles. The number of carbonyl (C=O) groups excluding carboxylic acids is 1. The Morgan fingerprint density at radius 1 is 1.52 bits per heavy atom. The molecule has 2 rings (SSSR count). The van der Waals surface area contributed by atoms with E-state index in [4.69, 9.17) is 5.73 Å². The summed E-state index contributed by atoms with van der Waals surface area (Å²) in [5.41, 5.74) is 6.59. The second-order valence-electron chi connectivity index (χ2n) is 5.73. The van der Waals surface area contributed by atoms with Gasteiger partial charge in [-0.3, -0.25) is 4.79 Å². The first-order valence-electron chi connectivity index (χ1n) is 7.62. The van der Waals surface area contributed by atoms with E-state index in [1.54, 1.807) is 12.1 Å². The number of hydrogen-bond donors (Lipinski definition) is 2. The molecule has 5 heteroatoms. The summed E-state index contributed by atoms with van der Waals surface area (Å²) in [6, 6.07) is 6.24. The van der Waals surface area contributed by atoms with Crippen LogP contribution in [0.3, 0.4) is 0 Å². The van der Waals surface area contributed by atoms with Crippen molar-refractivity contribution in [2.75, 3.05) is 25.0 Å². The third-order valence-electron chi connectivity index (χ3n) is 4.16. The summed E-state index contributed by atoms with van der Waals surface area (Å²) >= 11 is 0. The number of benzene rings is 1. The van der Waals surface area contributed by atoms with Gasteiger partial charge >= 0.3 is 0 Å². The number of amides is 1. The Kier molecular flexibility index (Phi) is 5.70. The van der Waals surface area contributed by atoms with Crippen LogP contribution in [0, 0.1) is 11.7 Å². The molecule has 116 valence electrons. The molecule has 4 nitrogen and oxygen atoms in total. The van der Waals surface area contributed by atoms with Crippen molar-refractivity contribution in [2.24, 2.45) is 11.7 Å². The molecule has 0 saturated carbocycles. The minimum Gasteiger partial charge on any atom is -0.327 e. The SMILES string of the molecule is CCC1CN(CCC(=O)Nc2cccc(F)c2)CCC1N. The Labute approximate surface area is 125 Å². The number of nitrogens with two attached hydrogens (primary N) is 1. The van der Waals surface area contributed by atoms with Crippen LogP contribution in [0.25, 0.3) is 0 Å². The molecule has 1 fully saturated rings. The van der Waals surface area contributed by atoms with Crippen LogP contribution in [0.2, 0.25) is 0 Å². The first kappa shape index (κ1) is 15.9. The molecule has 1 aromatic rings. The van der Waals surface area contributed by atoms with Crippen molar-refractivity contribution in [2.45, 2.75) is 32.2 Å². The lowest BCUT2D eigenvalue weighted by Gasteiger charge is -2.36. The molecule has 0 radical (unpaired) electrons. The molecule has 1 heterocycles. The van der Waals surface area contributed by atoms with Crippen molar-refractivity contribution in [3.8, 4) is 0 Å². The van der Waals surface area contributed by atoms with Gasteiger partial charge in [-0.25, -0.2) is 4.39 Å². The number of halogens is 1. The molecule has 0 spiro atoms. The lowest BCUT2D eigenvalue weighted by molar-refractivity contribution is -0.116. The molecular weight excluding hydrogens is 269 g/mol. The zero-order valence-electron chi connectivity index (χ0n) is 12.5. The summed E-state index contributed by atoms with van der Waals surface area (Å²) in [6.45, 7) is 4.80. The van der Waals surface area contributed by atoms with Gasteiger partial charge < -0.3 is 16.0 Å². The highest BCUT2D eigenvalue weighted by Crippen LogP contribution is 2.18. The maximum Gasteiger partial charge on any atom is 0.225 e. The fourth-order valence-corrected chi connectivity index (χ4v) is 2.81. The summed E-state index contributed by atoms with van der Waals surface area (Å²) in [5.74, 6) is 0.0946. The summed E-state index contributed by atoms with van der Waals surface area (Å²) < 4.78 is 13.0. The van der Waals surface area contributed by atoms with Gasteiger partial charge in [0.25, 0.3) is 0 Å². The molecule has 0 bridgehead atoms. The second kappa shape index (κ2) is 7.52. The fraction of sp³-hybridized carbons (Fsp3) is 0.562. The molecule has 1 aliphatic heterocycles. The normalized spacial score (nSPS) is 23.0. The van der Waals surface area contributed by atoms with E-state index in [9.17, 15) is 9.18 Å². The minimum absolute atomic E-state index is 0.0801. The number of nitrogens with one attached hydrogen (secondary N) is 1. The largest absolute Gasteiger partial charge is 0.327 e. The highest BCUT2D eigenvalue weighted by Gasteiger charge is 2.25. The topological polar surface area (TPSA) is 58.4 Å². The van der Waals surface area contributed by atoms with Crippen molar-refractivity contribution in [3.63, 3.8) is 0 Å². The van der Waals surface area contributed by atoms with Gasteiger partial charge in [0, 0.05) is 31.2 Å². The number of anilines is 1. The first-order chi connectivity index (χ1) is 10.1. The number of rotatable bonds is 5. The van der Waals surface area contributed by atoms with Gasteiger partial charge in [0.05, 0.1) is 0 Å². The Bertz CT molecular complexity index is 480. The van der Waals surface area contributed by atoms with Gasteiger partial charge in [-0.1, -0.05) is 19.4 Å². The molecule has 3 N–H and O–H groups in total. The van der Waals surface area contributed by atoms with Gasteiger partial charge in [0.1, 0.15) is 5.82 Å². The lowest BCUT2D eigenvalue weighted by Crippen LogP contribution is -2.47. The molecule has 1 amide bonds. The molecular formula is C16H24FN3O. The van der Waals surface area contributed by atoms with E-state index in [1.165, 1.54) is 12.1 Å². The molecule has 2 atom stereocenters. The van der Waals surface area contributed by atoms with Gasteiger partial charge in [-0.2, -0.15) is 0 Å². The number of likely N-dealkylation sites (tertiary alicyclic amines) is 1. The van der Waals surface area contributed by atoms with Gasteiger partial charge in [-0.05, 0) is 37.1 Å². The highest BCUT2D eigenvalue weighted by molar-refractivity contribution is 5.90. The third kappa shape index (κ3) is 4.79. The fourth-order valence-electron chi connectivity index (χ4n) is 2.81. The maximum atomic E-state index is 13.0. The lowest BCUT2D eigenvalue weighted by atomic mass is 9.90. The third-order valence-corrected chi connectivity index (χ3v) is 4.16.